The third-order valence-corrected chi connectivity index (χ3v) is 2.06. The Bertz CT molecular complexity index is 530. The van der Waals surface area contributed by atoms with E-state index in [4.69, 9.17) is 13.0 Å². The van der Waals surface area contributed by atoms with Crippen LogP contribution in [0.25, 0.3) is 10.9 Å². The van der Waals surface area contributed by atoms with Gasteiger partial charge in [-0.2, -0.15) is 0 Å². The highest BCUT2D eigenvalue weighted by Crippen LogP contribution is 2.19. The minimum atomic E-state index is -0.837. The largest absolute Gasteiger partial charge is 0.329 e. The summed E-state index contributed by atoms with van der Waals surface area (Å²) in [6.45, 7) is 0. The first-order chi connectivity index (χ1) is 7.15. The van der Waals surface area contributed by atoms with Gasteiger partial charge in [-0.1, -0.05) is 11.6 Å². The second-order valence-corrected chi connectivity index (χ2v) is 3.16. The molecule has 0 aliphatic rings. The van der Waals surface area contributed by atoms with Crippen LogP contribution < -0.4 is 5.32 Å². The monoisotopic (exact) mass is 208 g/mol. The summed E-state index contributed by atoms with van der Waals surface area (Å²) in [6.07, 6.45) is -0.837. The molecule has 0 saturated carbocycles. The van der Waals surface area contributed by atoms with Crippen LogP contribution in [-0.2, 0) is 4.79 Å². The Kier molecular flexibility index (Phi) is 2.02. The van der Waals surface area contributed by atoms with Crippen LogP contribution in [0.5, 0.6) is 0 Å². The number of hydrogen-bond donors (Lipinski definition) is 1. The molecule has 2 aromatic rings. The van der Waals surface area contributed by atoms with E-state index < -0.39 is 6.39 Å². The van der Waals surface area contributed by atoms with Gasteiger partial charge in [-0.25, -0.2) is 4.98 Å². The van der Waals surface area contributed by atoms with Gasteiger partial charge in [0.1, 0.15) is 6.52 Å². The number of rotatable bonds is 1. The first-order valence-corrected chi connectivity index (χ1v) is 4.37. The number of halogens is 1. The first kappa shape index (κ1) is 7.76. The molecule has 0 saturated heterocycles. The van der Waals surface area contributed by atoms with Crippen LogP contribution in [-0.4, -0.2) is 11.4 Å². The Labute approximate surface area is 87.1 Å². The van der Waals surface area contributed by atoms with Crippen LogP contribution in [0.15, 0.2) is 30.3 Å². The number of nitrogens with one attached hydrogen (secondary N) is 1. The van der Waals surface area contributed by atoms with Crippen molar-refractivity contribution in [2.24, 2.45) is 0 Å². The molecule has 4 heteroatoms. The topological polar surface area (TPSA) is 42.0 Å². The fraction of sp³-hybridized carbons (Fsp3) is 0. The lowest BCUT2D eigenvalue weighted by Gasteiger charge is -2.01. The Balaban J connectivity index is 2.47. The van der Waals surface area contributed by atoms with Gasteiger partial charge in [0.25, 0.3) is 0 Å². The van der Waals surface area contributed by atoms with Crippen molar-refractivity contribution in [1.29, 1.82) is 0 Å². The molecule has 1 heterocycles. The first-order valence-electron chi connectivity index (χ1n) is 4.49. The molecule has 0 fully saturated rings. The zero-order valence-electron chi connectivity index (χ0n) is 8.12. The van der Waals surface area contributed by atoms with E-state index >= 15 is 0 Å². The van der Waals surface area contributed by atoms with E-state index in [-0.39, 0.29) is 0 Å². The molecule has 14 heavy (non-hydrogen) atoms. The number of amides is 1. The van der Waals surface area contributed by atoms with Crippen LogP contribution >= 0.6 is 11.6 Å². The molecule has 0 spiro atoms. The zero-order valence-corrected chi connectivity index (χ0v) is 7.88. The molecule has 0 unspecified atom stereocenters. The summed E-state index contributed by atoms with van der Waals surface area (Å²) in [5.41, 5.74) is 1.33. The Morgan fingerprint density at radius 2 is 2.29 bits per heavy atom. The Hall–Kier alpha value is -1.61. The van der Waals surface area contributed by atoms with E-state index in [0.29, 0.717) is 10.8 Å². The maximum absolute atomic E-state index is 10.5. The van der Waals surface area contributed by atoms with Crippen molar-refractivity contribution in [3.63, 3.8) is 0 Å². The average Bonchev–Trinajstić information content (AvgIpc) is 2.17. The molecule has 0 aliphatic carbocycles. The van der Waals surface area contributed by atoms with E-state index in [1.165, 1.54) is 0 Å². The number of anilines is 1. The number of fused-ring (bicyclic) bond motifs is 1. The van der Waals surface area contributed by atoms with Crippen molar-refractivity contribution in [3.05, 3.63) is 35.5 Å². The molecule has 2 rings (SSSR count). The van der Waals surface area contributed by atoms with Gasteiger partial charge < -0.3 is 5.32 Å². The third kappa shape index (κ3) is 1.67. The number of benzene rings is 1. The molecule has 0 atom stereocenters. The maximum atomic E-state index is 10.5. The molecule has 0 bridgehead atoms. The highest BCUT2D eigenvalue weighted by molar-refractivity contribution is 6.29. The van der Waals surface area contributed by atoms with E-state index in [2.05, 4.69) is 10.3 Å². The predicted molar refractivity (Wildman–Crippen MR) is 56.4 cm³/mol. The number of carbonyl (C=O) groups is 1. The lowest BCUT2D eigenvalue weighted by molar-refractivity contribution is -0.105. The summed E-state index contributed by atoms with van der Waals surface area (Å²) in [5, 5.41) is 3.68. The van der Waals surface area contributed by atoms with E-state index in [1.807, 2.05) is 6.07 Å². The lowest BCUT2D eigenvalue weighted by atomic mass is 10.2. The minimum absolute atomic E-state index is 0.430. The Morgan fingerprint density at radius 3 is 3.07 bits per heavy atom. The second kappa shape index (κ2) is 3.64. The van der Waals surface area contributed by atoms with Gasteiger partial charge >= 0.3 is 0 Å². The number of hydrogen-bond acceptors (Lipinski definition) is 2. The molecule has 1 amide bonds. The number of nitrogens with zero attached hydrogens (tertiary/aromatic N) is 1. The van der Waals surface area contributed by atoms with Crippen molar-refractivity contribution in [3.8, 4) is 0 Å². The summed E-state index contributed by atoms with van der Waals surface area (Å²) in [4.78, 5) is 14.6. The van der Waals surface area contributed by atoms with Crippen LogP contribution in [0.1, 0.15) is 1.37 Å². The molecule has 1 aromatic carbocycles. The van der Waals surface area contributed by atoms with Gasteiger partial charge in [0, 0.05) is 11.1 Å². The fourth-order valence-electron chi connectivity index (χ4n) is 1.24. The summed E-state index contributed by atoms with van der Waals surface area (Å²) in [5.74, 6) is 0. The SMILES string of the molecule is [3H]C(=O)Nc1ccc2nc(Cl)ccc2c1. The van der Waals surface area contributed by atoms with Gasteiger partial charge in [0.05, 0.1) is 5.52 Å². The number of aromatic nitrogens is 1. The summed E-state index contributed by atoms with van der Waals surface area (Å²) in [6, 6.07) is 8.65. The van der Waals surface area contributed by atoms with Crippen LogP contribution in [0, 0.1) is 0 Å². The smallest absolute Gasteiger partial charge is 0.211 e. The van der Waals surface area contributed by atoms with E-state index in [1.54, 1.807) is 24.3 Å². The zero-order chi connectivity index (χ0) is 10.8. The Morgan fingerprint density at radius 1 is 1.43 bits per heavy atom. The summed E-state index contributed by atoms with van der Waals surface area (Å²) < 4.78 is 6.77. The van der Waals surface area contributed by atoms with E-state index in [9.17, 15) is 4.79 Å². The van der Waals surface area contributed by atoms with Gasteiger partial charge in [-0.15, -0.1) is 0 Å². The average molecular weight is 209 g/mol. The number of carbonyl (C=O) groups excluding carboxylic acids is 1. The number of pyridine rings is 1. The summed E-state index contributed by atoms with van der Waals surface area (Å²) in [7, 11) is 0. The van der Waals surface area contributed by atoms with Crippen LogP contribution in [0.2, 0.25) is 5.15 Å². The van der Waals surface area contributed by atoms with Crippen LogP contribution in [0.3, 0.4) is 0 Å². The molecule has 3 nitrogen and oxygen atoms in total. The van der Waals surface area contributed by atoms with Crippen molar-refractivity contribution in [1.82, 2.24) is 4.98 Å². The molecule has 0 aliphatic heterocycles. The highest BCUT2D eigenvalue weighted by Gasteiger charge is 1.97. The standard InChI is InChI=1S/C10H7ClN2O/c11-10-4-1-7-5-8(12-6-14)2-3-9(7)13-10/h1-6H,(H,12,14)/i6T. The summed E-state index contributed by atoms with van der Waals surface area (Å²) >= 11 is 5.73. The minimum Gasteiger partial charge on any atom is -0.329 e. The predicted octanol–water partition coefficient (Wildman–Crippen LogP) is 2.46. The molecular weight excluding hydrogens is 200 g/mol. The highest BCUT2D eigenvalue weighted by atomic mass is 35.5. The van der Waals surface area contributed by atoms with E-state index in [0.717, 1.165) is 10.9 Å². The van der Waals surface area contributed by atoms with Crippen molar-refractivity contribution in [2.75, 3.05) is 5.32 Å². The molecule has 1 N–H and O–H groups in total. The maximum Gasteiger partial charge on any atom is 0.211 e. The lowest BCUT2D eigenvalue weighted by Crippen LogP contribution is -1.93. The van der Waals surface area contributed by atoms with Gasteiger partial charge in [0.15, 0.2) is 0 Å². The fourth-order valence-corrected chi connectivity index (χ4v) is 1.39. The van der Waals surface area contributed by atoms with Gasteiger partial charge in [-0.3, -0.25) is 4.79 Å². The van der Waals surface area contributed by atoms with Gasteiger partial charge in [-0.05, 0) is 30.3 Å². The second-order valence-electron chi connectivity index (χ2n) is 2.77. The third-order valence-electron chi connectivity index (χ3n) is 1.85. The molecule has 1 aromatic heterocycles. The molecule has 0 radical (unpaired) electrons. The van der Waals surface area contributed by atoms with Crippen molar-refractivity contribution < 1.29 is 6.17 Å². The van der Waals surface area contributed by atoms with Crippen LogP contribution in [0.4, 0.5) is 5.69 Å². The van der Waals surface area contributed by atoms with Crippen molar-refractivity contribution in [2.45, 2.75) is 0 Å². The normalized spacial score (nSPS) is 11.1. The van der Waals surface area contributed by atoms with Gasteiger partial charge in [0.2, 0.25) is 6.39 Å². The molecule has 70 valence electrons. The van der Waals surface area contributed by atoms with Crippen molar-refractivity contribution >= 4 is 34.6 Å². The quantitative estimate of drug-likeness (QED) is 0.578. The molecular formula is C10H7ClN2O.